The van der Waals surface area contributed by atoms with Gasteiger partial charge in [-0.1, -0.05) is 260 Å². The van der Waals surface area contributed by atoms with Gasteiger partial charge in [-0.2, -0.15) is 0 Å². The lowest BCUT2D eigenvalue weighted by atomic mass is 10.0. The summed E-state index contributed by atoms with van der Waals surface area (Å²) in [6.45, 7) is 4.67. The second-order valence-corrected chi connectivity index (χ2v) is 28.1. The molecule has 0 bridgehead atoms. The fourth-order valence-corrected chi connectivity index (χ4v) is 11.6. The molecule has 17 nitrogen and oxygen atoms in total. The van der Waals surface area contributed by atoms with Crippen LogP contribution in [0.5, 0.6) is 0 Å². The SMILES string of the molecule is CC/C=C\C/C=C\C/C=C\C/C=C\CCCCC(=O)OCC(COP(=O)(O)OCC(O)COP(=O)(O)OCC(COC(=O)CCCCCCC/C=C\C/C=C\CCCCC)OC(=O)CCCCCCCCCCCCCCC)OC(=O)CCCCCCC/C=C\CCCCCC. The standard InChI is InChI=1S/C77H136O17P2/c1-5-9-13-17-21-25-29-33-35-39-41-45-49-53-57-61-74(79)87-67-72(93-76(81)63-59-55-51-47-43-37-31-27-23-19-15-11-7-3)69-91-95(83,84)89-65-71(78)66-90-96(85,86)92-70-73(94-77(82)64-60-56-52-48-44-38-32-28-24-20-16-12-8-4)68-88-75(80)62-58-54-50-46-42-40-36-34-30-26-22-18-14-10-6-2/h9,13,21-22,25-27,31,33-36,41,45,71-73,78H,5-8,10-12,14-20,23-24,28-30,32,37-40,42-44,46-70H2,1-4H3,(H,83,84)(H,85,86)/b13-9-,25-21-,26-22-,31-27-,35-33-,36-34-,45-41-. The third-order valence-corrected chi connectivity index (χ3v) is 17.7. The van der Waals surface area contributed by atoms with Crippen LogP contribution in [-0.2, 0) is 65.4 Å². The first-order chi connectivity index (χ1) is 46.7. The van der Waals surface area contributed by atoms with E-state index in [-0.39, 0.29) is 25.7 Å². The van der Waals surface area contributed by atoms with Crippen molar-refractivity contribution in [3.63, 3.8) is 0 Å². The second kappa shape index (κ2) is 69.7. The molecule has 5 atom stereocenters. The normalized spacial score (nSPS) is 14.4. The molecule has 0 aromatic rings. The van der Waals surface area contributed by atoms with Crippen molar-refractivity contribution in [2.45, 2.75) is 341 Å². The molecule has 0 aromatic heterocycles. The van der Waals surface area contributed by atoms with Crippen molar-refractivity contribution in [2.75, 3.05) is 39.6 Å². The molecular formula is C77H136O17P2. The van der Waals surface area contributed by atoms with Crippen LogP contribution in [0.3, 0.4) is 0 Å². The van der Waals surface area contributed by atoms with Crippen LogP contribution in [0.4, 0.5) is 0 Å². The summed E-state index contributed by atoms with van der Waals surface area (Å²) >= 11 is 0. The molecule has 0 aliphatic rings. The van der Waals surface area contributed by atoms with Gasteiger partial charge in [-0.3, -0.25) is 37.3 Å². The number of aliphatic hydroxyl groups excluding tert-OH is 1. The summed E-state index contributed by atoms with van der Waals surface area (Å²) in [5, 5.41) is 10.6. The Balaban J connectivity index is 5.37. The monoisotopic (exact) mass is 1390 g/mol. The number of hydrogen-bond donors (Lipinski definition) is 3. The average molecular weight is 1400 g/mol. The maximum absolute atomic E-state index is 13.1. The predicted octanol–water partition coefficient (Wildman–Crippen LogP) is 21.4. The summed E-state index contributed by atoms with van der Waals surface area (Å²) in [6.07, 6.45) is 70.0. The van der Waals surface area contributed by atoms with Crippen LogP contribution >= 0.6 is 15.6 Å². The number of allylic oxidation sites excluding steroid dienone is 14. The lowest BCUT2D eigenvalue weighted by molar-refractivity contribution is -0.161. The molecule has 0 aromatic carbocycles. The summed E-state index contributed by atoms with van der Waals surface area (Å²) in [7, 11) is -9.95. The van der Waals surface area contributed by atoms with E-state index in [9.17, 15) is 43.2 Å². The highest BCUT2D eigenvalue weighted by Gasteiger charge is 2.30. The van der Waals surface area contributed by atoms with E-state index < -0.39 is 97.5 Å². The van der Waals surface area contributed by atoms with Crippen molar-refractivity contribution in [2.24, 2.45) is 0 Å². The van der Waals surface area contributed by atoms with Gasteiger partial charge in [-0.05, 0) is 122 Å². The Hall–Kier alpha value is -3.76. The van der Waals surface area contributed by atoms with Gasteiger partial charge in [0, 0.05) is 25.7 Å². The quantitative estimate of drug-likeness (QED) is 0.0169. The Kier molecular flexibility index (Phi) is 67.0. The van der Waals surface area contributed by atoms with Gasteiger partial charge < -0.3 is 33.8 Å². The third kappa shape index (κ3) is 68.8. The summed E-state index contributed by atoms with van der Waals surface area (Å²) in [5.74, 6) is -2.23. The van der Waals surface area contributed by atoms with Gasteiger partial charge in [-0.25, -0.2) is 9.13 Å². The van der Waals surface area contributed by atoms with Crippen LogP contribution in [0.2, 0.25) is 0 Å². The number of carbonyl (C=O) groups is 4. The number of rotatable bonds is 71. The molecular weight excluding hydrogens is 1260 g/mol. The van der Waals surface area contributed by atoms with E-state index in [4.69, 9.17) is 37.0 Å². The Morgan fingerprint density at radius 3 is 0.896 bits per heavy atom. The zero-order chi connectivity index (χ0) is 70.4. The fourth-order valence-electron chi connectivity index (χ4n) is 10.1. The Labute approximate surface area is 583 Å². The lowest BCUT2D eigenvalue weighted by Gasteiger charge is -2.21. The molecule has 0 aliphatic carbocycles. The highest BCUT2D eigenvalue weighted by molar-refractivity contribution is 7.47. The van der Waals surface area contributed by atoms with Crippen LogP contribution in [0.15, 0.2) is 85.1 Å². The molecule has 0 radical (unpaired) electrons. The molecule has 0 fully saturated rings. The molecule has 5 unspecified atom stereocenters. The number of hydrogen-bond acceptors (Lipinski definition) is 15. The van der Waals surface area contributed by atoms with Crippen LogP contribution in [0, 0.1) is 0 Å². The fraction of sp³-hybridized carbons (Fsp3) is 0.766. The Morgan fingerprint density at radius 1 is 0.302 bits per heavy atom. The number of unbranched alkanes of at least 4 members (excludes halogenated alkanes) is 31. The minimum Gasteiger partial charge on any atom is -0.462 e. The molecule has 0 spiro atoms. The molecule has 0 saturated heterocycles. The Morgan fingerprint density at radius 2 is 0.542 bits per heavy atom. The van der Waals surface area contributed by atoms with Crippen molar-refractivity contribution in [1.29, 1.82) is 0 Å². The largest absolute Gasteiger partial charge is 0.472 e. The van der Waals surface area contributed by atoms with Crippen molar-refractivity contribution in [3.8, 4) is 0 Å². The molecule has 19 heteroatoms. The van der Waals surface area contributed by atoms with Gasteiger partial charge in [0.05, 0.1) is 26.4 Å². The molecule has 556 valence electrons. The van der Waals surface area contributed by atoms with Crippen molar-refractivity contribution in [1.82, 2.24) is 0 Å². The first kappa shape index (κ1) is 92.2. The number of esters is 4. The van der Waals surface area contributed by atoms with E-state index in [1.54, 1.807) is 0 Å². The van der Waals surface area contributed by atoms with Crippen molar-refractivity contribution in [3.05, 3.63) is 85.1 Å². The van der Waals surface area contributed by atoms with Gasteiger partial charge in [0.15, 0.2) is 12.2 Å². The van der Waals surface area contributed by atoms with Crippen LogP contribution < -0.4 is 0 Å². The minimum atomic E-state index is -4.98. The van der Waals surface area contributed by atoms with Crippen LogP contribution in [0.25, 0.3) is 0 Å². The summed E-state index contributed by atoms with van der Waals surface area (Å²) in [6, 6.07) is 0. The topological polar surface area (TPSA) is 237 Å². The molecule has 0 amide bonds. The first-order valence-corrected chi connectivity index (χ1v) is 40.8. The number of ether oxygens (including phenoxy) is 4. The number of phosphoric ester groups is 2. The third-order valence-electron chi connectivity index (χ3n) is 15.8. The van der Waals surface area contributed by atoms with Gasteiger partial charge in [0.1, 0.15) is 19.3 Å². The molecule has 3 N–H and O–H groups in total. The Bertz CT molecular complexity index is 2160. The van der Waals surface area contributed by atoms with E-state index >= 15 is 0 Å². The van der Waals surface area contributed by atoms with Crippen molar-refractivity contribution >= 4 is 39.5 Å². The number of aliphatic hydroxyl groups is 1. The second-order valence-electron chi connectivity index (χ2n) is 25.2. The highest BCUT2D eigenvalue weighted by atomic mass is 31.2. The predicted molar refractivity (Wildman–Crippen MR) is 390 cm³/mol. The van der Waals surface area contributed by atoms with Gasteiger partial charge in [0.2, 0.25) is 0 Å². The van der Waals surface area contributed by atoms with E-state index in [2.05, 4.69) is 113 Å². The van der Waals surface area contributed by atoms with Gasteiger partial charge in [0.25, 0.3) is 0 Å². The number of phosphoric acid groups is 2. The average Bonchev–Trinajstić information content (AvgIpc) is 1.14. The highest BCUT2D eigenvalue weighted by Crippen LogP contribution is 2.45. The first-order valence-electron chi connectivity index (χ1n) is 37.8. The lowest BCUT2D eigenvalue weighted by Crippen LogP contribution is -2.30. The van der Waals surface area contributed by atoms with E-state index in [1.165, 1.54) is 96.3 Å². The smallest absolute Gasteiger partial charge is 0.462 e. The molecule has 0 rings (SSSR count). The van der Waals surface area contributed by atoms with E-state index in [1.807, 2.05) is 0 Å². The van der Waals surface area contributed by atoms with Gasteiger partial charge in [-0.15, -0.1) is 0 Å². The molecule has 0 saturated carbocycles. The van der Waals surface area contributed by atoms with Crippen molar-refractivity contribution < 1.29 is 80.2 Å². The summed E-state index contributed by atoms with van der Waals surface area (Å²) in [4.78, 5) is 72.8. The number of carbonyl (C=O) groups excluding carboxylic acids is 4. The molecule has 0 aliphatic heterocycles. The van der Waals surface area contributed by atoms with Crippen LogP contribution in [-0.4, -0.2) is 96.7 Å². The maximum atomic E-state index is 13.1. The zero-order valence-corrected chi connectivity index (χ0v) is 62.3. The van der Waals surface area contributed by atoms with Crippen LogP contribution in [0.1, 0.15) is 323 Å². The van der Waals surface area contributed by atoms with Gasteiger partial charge >= 0.3 is 39.5 Å². The maximum Gasteiger partial charge on any atom is 0.472 e. The molecule has 0 heterocycles. The minimum absolute atomic E-state index is 0.0767. The molecule has 96 heavy (non-hydrogen) atoms. The van der Waals surface area contributed by atoms with E-state index in [0.29, 0.717) is 25.7 Å². The summed E-state index contributed by atoms with van der Waals surface area (Å²) in [5.41, 5.74) is 0. The zero-order valence-electron chi connectivity index (χ0n) is 60.5. The van der Waals surface area contributed by atoms with E-state index in [0.717, 1.165) is 148 Å². The summed E-state index contributed by atoms with van der Waals surface area (Å²) < 4.78 is 68.4.